The minimum Gasteiger partial charge on any atom is -0.481 e. The molecule has 1 aliphatic rings. The molecule has 2 heterocycles. The van der Waals surface area contributed by atoms with Crippen LogP contribution in [0.25, 0.3) is 0 Å². The van der Waals surface area contributed by atoms with Crippen molar-refractivity contribution in [2.45, 2.75) is 13.3 Å². The minimum absolute atomic E-state index is 0.210. The van der Waals surface area contributed by atoms with E-state index in [1.165, 1.54) is 23.6 Å². The van der Waals surface area contributed by atoms with Crippen molar-refractivity contribution in [2.24, 2.45) is 5.41 Å². The highest BCUT2D eigenvalue weighted by Gasteiger charge is 2.42. The SMILES string of the molecule is CC1(C(=O)O)CCN(C(=O)Nc2cncnc2)C1. The lowest BCUT2D eigenvalue weighted by Gasteiger charge is -2.20. The van der Waals surface area contributed by atoms with E-state index in [-0.39, 0.29) is 12.6 Å². The van der Waals surface area contributed by atoms with E-state index in [2.05, 4.69) is 15.3 Å². The summed E-state index contributed by atoms with van der Waals surface area (Å²) in [5.41, 5.74) is -0.365. The van der Waals surface area contributed by atoms with Gasteiger partial charge in [0.2, 0.25) is 0 Å². The number of likely N-dealkylation sites (tertiary alicyclic amines) is 1. The first kappa shape index (κ1) is 12.3. The molecule has 0 saturated carbocycles. The highest BCUT2D eigenvalue weighted by Crippen LogP contribution is 2.30. The van der Waals surface area contributed by atoms with Gasteiger partial charge in [0.25, 0.3) is 0 Å². The number of amides is 2. The number of hydrogen-bond acceptors (Lipinski definition) is 4. The van der Waals surface area contributed by atoms with Crippen LogP contribution in [0.15, 0.2) is 18.7 Å². The largest absolute Gasteiger partial charge is 0.481 e. The van der Waals surface area contributed by atoms with E-state index in [1.807, 2.05) is 0 Å². The standard InChI is InChI=1S/C11H14N4O3/c1-11(9(16)17)2-3-15(6-11)10(18)14-8-4-12-7-13-5-8/h4-5,7H,2-3,6H2,1H3,(H,14,18)(H,16,17). The second kappa shape index (κ2) is 4.59. The quantitative estimate of drug-likeness (QED) is 0.809. The zero-order valence-corrected chi connectivity index (χ0v) is 9.96. The van der Waals surface area contributed by atoms with Crippen LogP contribution in [0.3, 0.4) is 0 Å². The van der Waals surface area contributed by atoms with E-state index in [9.17, 15) is 9.59 Å². The number of hydrogen-bond donors (Lipinski definition) is 2. The van der Waals surface area contributed by atoms with Gasteiger partial charge in [0.1, 0.15) is 6.33 Å². The summed E-state index contributed by atoms with van der Waals surface area (Å²) in [6, 6.07) is -0.324. The summed E-state index contributed by atoms with van der Waals surface area (Å²) < 4.78 is 0. The molecule has 0 aliphatic carbocycles. The highest BCUT2D eigenvalue weighted by atomic mass is 16.4. The van der Waals surface area contributed by atoms with Crippen molar-refractivity contribution in [3.05, 3.63) is 18.7 Å². The molecule has 0 aromatic carbocycles. The number of nitrogens with zero attached hydrogens (tertiary/aromatic N) is 3. The molecular weight excluding hydrogens is 236 g/mol. The lowest BCUT2D eigenvalue weighted by atomic mass is 9.90. The minimum atomic E-state index is -0.874. The van der Waals surface area contributed by atoms with Crippen molar-refractivity contribution >= 4 is 17.7 Å². The van der Waals surface area contributed by atoms with Crippen LogP contribution in [0.2, 0.25) is 0 Å². The molecule has 7 heteroatoms. The number of carboxylic acids is 1. The molecule has 1 aromatic heterocycles. The molecule has 2 amide bonds. The lowest BCUT2D eigenvalue weighted by Crippen LogP contribution is -2.37. The fourth-order valence-electron chi connectivity index (χ4n) is 1.88. The van der Waals surface area contributed by atoms with Gasteiger partial charge in [0.15, 0.2) is 0 Å². The molecule has 96 valence electrons. The van der Waals surface area contributed by atoms with Crippen molar-refractivity contribution < 1.29 is 14.7 Å². The number of aliphatic carboxylic acids is 1. The van der Waals surface area contributed by atoms with Crippen LogP contribution in [0.5, 0.6) is 0 Å². The van der Waals surface area contributed by atoms with E-state index in [0.29, 0.717) is 18.7 Å². The Morgan fingerprint density at radius 3 is 2.67 bits per heavy atom. The Labute approximate surface area is 104 Å². The van der Waals surface area contributed by atoms with Gasteiger partial charge >= 0.3 is 12.0 Å². The summed E-state index contributed by atoms with van der Waals surface area (Å²) in [7, 11) is 0. The number of anilines is 1. The predicted molar refractivity (Wildman–Crippen MR) is 63.0 cm³/mol. The normalized spacial score (nSPS) is 22.8. The monoisotopic (exact) mass is 250 g/mol. The van der Waals surface area contributed by atoms with Crippen LogP contribution in [-0.2, 0) is 4.79 Å². The number of urea groups is 1. The zero-order valence-electron chi connectivity index (χ0n) is 9.96. The van der Waals surface area contributed by atoms with E-state index in [4.69, 9.17) is 5.11 Å². The van der Waals surface area contributed by atoms with Crippen LogP contribution in [0.1, 0.15) is 13.3 Å². The van der Waals surface area contributed by atoms with Gasteiger partial charge in [0.05, 0.1) is 23.5 Å². The van der Waals surface area contributed by atoms with Gasteiger partial charge in [-0.05, 0) is 13.3 Å². The Hall–Kier alpha value is -2.18. The number of carbonyl (C=O) groups is 2. The molecule has 0 bridgehead atoms. The summed E-state index contributed by atoms with van der Waals surface area (Å²) in [4.78, 5) is 32.0. The van der Waals surface area contributed by atoms with Crippen LogP contribution in [0.4, 0.5) is 10.5 Å². The molecule has 1 fully saturated rings. The van der Waals surface area contributed by atoms with Crippen LogP contribution in [0, 0.1) is 5.41 Å². The topological polar surface area (TPSA) is 95.4 Å². The molecule has 7 nitrogen and oxygen atoms in total. The lowest BCUT2D eigenvalue weighted by molar-refractivity contribution is -0.146. The summed E-state index contributed by atoms with van der Waals surface area (Å²) in [6.07, 6.45) is 4.79. The van der Waals surface area contributed by atoms with Gasteiger partial charge in [-0.2, -0.15) is 0 Å². The van der Waals surface area contributed by atoms with E-state index in [0.717, 1.165) is 0 Å². The Kier molecular flexibility index (Phi) is 3.14. The smallest absolute Gasteiger partial charge is 0.321 e. The first-order valence-electron chi connectivity index (χ1n) is 5.56. The molecular formula is C11H14N4O3. The first-order valence-corrected chi connectivity index (χ1v) is 5.56. The highest BCUT2D eigenvalue weighted by molar-refractivity contribution is 5.90. The van der Waals surface area contributed by atoms with E-state index in [1.54, 1.807) is 6.92 Å². The maximum atomic E-state index is 11.9. The van der Waals surface area contributed by atoms with Gasteiger partial charge in [-0.3, -0.25) is 4.79 Å². The Bertz CT molecular complexity index is 465. The van der Waals surface area contributed by atoms with Gasteiger partial charge in [-0.25, -0.2) is 14.8 Å². The van der Waals surface area contributed by atoms with Crippen LogP contribution in [-0.4, -0.2) is 45.1 Å². The average Bonchev–Trinajstić information content (AvgIpc) is 2.75. The summed E-state index contributed by atoms with van der Waals surface area (Å²) in [5.74, 6) is -0.874. The molecule has 18 heavy (non-hydrogen) atoms. The molecule has 2 N–H and O–H groups in total. The Morgan fingerprint density at radius 2 is 2.11 bits per heavy atom. The molecule has 2 rings (SSSR count). The number of carbonyl (C=O) groups excluding carboxylic acids is 1. The number of rotatable bonds is 2. The second-order valence-electron chi connectivity index (χ2n) is 4.59. The number of aromatic nitrogens is 2. The van der Waals surface area contributed by atoms with Crippen molar-refractivity contribution in [3.8, 4) is 0 Å². The first-order chi connectivity index (χ1) is 8.51. The number of carboxylic acid groups (broad SMARTS) is 1. The average molecular weight is 250 g/mol. The Balaban J connectivity index is 1.98. The van der Waals surface area contributed by atoms with Crippen LogP contribution >= 0.6 is 0 Å². The van der Waals surface area contributed by atoms with Crippen molar-refractivity contribution in [1.29, 1.82) is 0 Å². The van der Waals surface area contributed by atoms with E-state index >= 15 is 0 Å². The van der Waals surface area contributed by atoms with Crippen LogP contribution < -0.4 is 5.32 Å². The molecule has 0 spiro atoms. The van der Waals surface area contributed by atoms with Gasteiger partial charge in [-0.15, -0.1) is 0 Å². The summed E-state index contributed by atoms with van der Waals surface area (Å²) >= 11 is 0. The maximum Gasteiger partial charge on any atom is 0.321 e. The van der Waals surface area contributed by atoms with Gasteiger partial charge in [-0.1, -0.05) is 0 Å². The molecule has 1 atom stereocenters. The van der Waals surface area contributed by atoms with Crippen molar-refractivity contribution in [3.63, 3.8) is 0 Å². The fourth-order valence-corrected chi connectivity index (χ4v) is 1.88. The van der Waals surface area contributed by atoms with Gasteiger partial charge in [0, 0.05) is 13.1 Å². The molecule has 0 radical (unpaired) electrons. The van der Waals surface area contributed by atoms with Crippen molar-refractivity contribution in [2.75, 3.05) is 18.4 Å². The van der Waals surface area contributed by atoms with E-state index < -0.39 is 11.4 Å². The Morgan fingerprint density at radius 1 is 1.44 bits per heavy atom. The fraction of sp³-hybridized carbons (Fsp3) is 0.455. The van der Waals surface area contributed by atoms with Crippen molar-refractivity contribution in [1.82, 2.24) is 14.9 Å². The molecule has 1 aromatic rings. The molecule has 1 unspecified atom stereocenters. The van der Waals surface area contributed by atoms with Gasteiger partial charge < -0.3 is 15.3 Å². The zero-order chi connectivity index (χ0) is 13.2. The third kappa shape index (κ3) is 2.39. The third-order valence-corrected chi connectivity index (χ3v) is 3.09. The predicted octanol–water partition coefficient (Wildman–Crippen LogP) is 0.805. The molecule has 1 saturated heterocycles. The molecule has 1 aliphatic heterocycles. The third-order valence-electron chi connectivity index (χ3n) is 3.09. The maximum absolute atomic E-state index is 11.9. The summed E-state index contributed by atoms with van der Waals surface area (Å²) in [6.45, 7) is 2.29. The number of nitrogens with one attached hydrogen (secondary N) is 1. The second-order valence-corrected chi connectivity index (χ2v) is 4.59. The summed E-state index contributed by atoms with van der Waals surface area (Å²) in [5, 5.41) is 11.7.